The van der Waals surface area contributed by atoms with Crippen LogP contribution in [0.5, 0.6) is 5.75 Å². The first-order valence-electron chi connectivity index (χ1n) is 12.6. The molecule has 1 aromatic carbocycles. The molecule has 3 aromatic rings. The molecule has 1 saturated heterocycles. The average Bonchev–Trinajstić information content (AvgIpc) is 3.62. The minimum Gasteiger partial charge on any atom is -0.497 e. The van der Waals surface area contributed by atoms with Crippen molar-refractivity contribution >= 4 is 0 Å². The Balaban J connectivity index is 1.43. The number of aromatic nitrogens is 3. The monoisotopic (exact) mass is 456 g/mol. The van der Waals surface area contributed by atoms with Gasteiger partial charge in [0.15, 0.2) is 0 Å². The van der Waals surface area contributed by atoms with E-state index in [-0.39, 0.29) is 11.5 Å². The van der Waals surface area contributed by atoms with Gasteiger partial charge in [-0.1, -0.05) is 6.07 Å². The Kier molecular flexibility index (Phi) is 4.35. The molecule has 176 valence electrons. The van der Waals surface area contributed by atoms with Crippen molar-refractivity contribution in [3.05, 3.63) is 70.8 Å². The fourth-order valence-electron chi connectivity index (χ4n) is 7.26. The lowest BCUT2D eigenvalue weighted by Gasteiger charge is -2.63. The van der Waals surface area contributed by atoms with Gasteiger partial charge in [-0.2, -0.15) is 5.10 Å². The number of methoxy groups -OCH3 is 1. The van der Waals surface area contributed by atoms with Crippen LogP contribution in [-0.2, 0) is 24.7 Å². The number of ether oxygens (including phenoxy) is 1. The molecular weight excluding hydrogens is 424 g/mol. The number of fused-ring (bicyclic) bond motifs is 2. The molecule has 6 heteroatoms. The second kappa shape index (κ2) is 7.15. The number of aryl methyl sites for hydroxylation is 1. The third-order valence-corrected chi connectivity index (χ3v) is 9.20. The first-order valence-corrected chi connectivity index (χ1v) is 12.6. The fraction of sp³-hybridized carbons (Fsp3) is 0.500. The van der Waals surface area contributed by atoms with Crippen LogP contribution in [0.3, 0.4) is 0 Å². The van der Waals surface area contributed by atoms with Gasteiger partial charge in [0.05, 0.1) is 24.1 Å². The molecule has 0 unspecified atom stereocenters. The second-order valence-electron chi connectivity index (χ2n) is 10.9. The number of aliphatic hydroxyl groups is 1. The van der Waals surface area contributed by atoms with Crippen LogP contribution in [0.15, 0.2) is 42.7 Å². The van der Waals surface area contributed by atoms with E-state index in [1.54, 1.807) is 7.11 Å². The van der Waals surface area contributed by atoms with E-state index in [1.807, 2.05) is 24.5 Å². The normalized spacial score (nSPS) is 29.8. The fourth-order valence-corrected chi connectivity index (χ4v) is 7.26. The van der Waals surface area contributed by atoms with Gasteiger partial charge in [0.1, 0.15) is 5.75 Å². The molecule has 7 rings (SSSR count). The predicted octanol–water partition coefficient (Wildman–Crippen LogP) is 3.39. The van der Waals surface area contributed by atoms with Crippen LogP contribution in [0.2, 0.25) is 0 Å². The highest BCUT2D eigenvalue weighted by Crippen LogP contribution is 2.58. The lowest BCUT2D eigenvalue weighted by atomic mass is 9.49. The summed E-state index contributed by atoms with van der Waals surface area (Å²) in [5.74, 6) is 1.68. The molecule has 1 N–H and O–H groups in total. The van der Waals surface area contributed by atoms with Crippen molar-refractivity contribution in [2.75, 3.05) is 20.2 Å². The van der Waals surface area contributed by atoms with Crippen molar-refractivity contribution < 1.29 is 9.84 Å². The Hall–Kier alpha value is -2.70. The first kappa shape index (κ1) is 20.7. The maximum absolute atomic E-state index is 12.8. The Bertz CT molecular complexity index is 1270. The Morgan fingerprint density at radius 1 is 1.15 bits per heavy atom. The molecule has 0 amide bonds. The summed E-state index contributed by atoms with van der Waals surface area (Å²) in [5.41, 5.74) is 6.00. The Labute approximate surface area is 200 Å². The molecule has 0 radical (unpaired) electrons. The molecule has 2 fully saturated rings. The molecule has 1 saturated carbocycles. The number of pyridine rings is 1. The van der Waals surface area contributed by atoms with Gasteiger partial charge in [0.25, 0.3) is 0 Å². The largest absolute Gasteiger partial charge is 0.497 e. The van der Waals surface area contributed by atoms with Crippen molar-refractivity contribution in [2.45, 2.75) is 62.5 Å². The number of hydrogen-bond acceptors (Lipinski definition) is 5. The van der Waals surface area contributed by atoms with Gasteiger partial charge in [-0.15, -0.1) is 0 Å². The van der Waals surface area contributed by atoms with Crippen molar-refractivity contribution in [1.29, 1.82) is 0 Å². The highest BCUT2D eigenvalue weighted by atomic mass is 16.5. The average molecular weight is 457 g/mol. The maximum atomic E-state index is 12.8. The molecule has 4 aliphatic rings. The quantitative estimate of drug-likeness (QED) is 0.652. The number of nitrogens with zero attached hydrogens (tertiary/aromatic N) is 4. The number of rotatable bonds is 4. The molecule has 2 bridgehead atoms. The van der Waals surface area contributed by atoms with E-state index < -0.39 is 5.60 Å². The van der Waals surface area contributed by atoms with E-state index in [0.29, 0.717) is 6.42 Å². The summed E-state index contributed by atoms with van der Waals surface area (Å²) in [5, 5.41) is 17.8. The Morgan fingerprint density at radius 2 is 1.97 bits per heavy atom. The molecule has 3 heterocycles. The predicted molar refractivity (Wildman–Crippen MR) is 130 cm³/mol. The molecule has 6 nitrogen and oxygen atoms in total. The van der Waals surface area contributed by atoms with Crippen LogP contribution in [0, 0.1) is 12.8 Å². The molecule has 2 aromatic heterocycles. The summed E-state index contributed by atoms with van der Waals surface area (Å²) in [6.45, 7) is 4.25. The highest BCUT2D eigenvalue weighted by molar-refractivity contribution is 5.53. The molecule has 0 spiro atoms. The maximum Gasteiger partial charge on any atom is 0.119 e. The second-order valence-corrected chi connectivity index (χ2v) is 10.9. The number of likely N-dealkylation sites (tertiary alicyclic amines) is 1. The van der Waals surface area contributed by atoms with Crippen LogP contribution < -0.4 is 4.74 Å². The summed E-state index contributed by atoms with van der Waals surface area (Å²) >= 11 is 0. The number of piperidine rings is 1. The number of hydrogen-bond donors (Lipinski definition) is 1. The topological polar surface area (TPSA) is 63.4 Å². The van der Waals surface area contributed by atoms with Crippen LogP contribution >= 0.6 is 0 Å². The standard InChI is InChI=1S/C28H32N4O2/c1-18-23-15-28(33)26-13-20-5-6-22(34-2)14-24(20)27(28,9-12-31(26)17-19-3-4-19)16-25(23)32(30-18)21-7-10-29-11-8-21/h5-8,10-11,14,19,26,33H,3-4,9,12-13,15-17H2,1-2H3/t26-,27-,28-/m1/s1. The summed E-state index contributed by atoms with van der Waals surface area (Å²) in [4.78, 5) is 6.82. The zero-order valence-electron chi connectivity index (χ0n) is 20.0. The van der Waals surface area contributed by atoms with Crippen LogP contribution in [0.1, 0.15) is 47.3 Å². The van der Waals surface area contributed by atoms with Gasteiger partial charge in [-0.3, -0.25) is 9.88 Å². The summed E-state index contributed by atoms with van der Waals surface area (Å²) in [6, 6.07) is 10.7. The van der Waals surface area contributed by atoms with Gasteiger partial charge < -0.3 is 9.84 Å². The molecular formula is C28H32N4O2. The molecule has 34 heavy (non-hydrogen) atoms. The Morgan fingerprint density at radius 3 is 2.74 bits per heavy atom. The van der Waals surface area contributed by atoms with E-state index in [1.165, 1.54) is 35.2 Å². The van der Waals surface area contributed by atoms with Gasteiger partial charge in [0.2, 0.25) is 0 Å². The highest BCUT2D eigenvalue weighted by Gasteiger charge is 2.65. The minimum absolute atomic E-state index is 0.138. The molecule has 1 aliphatic heterocycles. The van der Waals surface area contributed by atoms with Crippen molar-refractivity contribution in [1.82, 2.24) is 19.7 Å². The lowest BCUT2D eigenvalue weighted by molar-refractivity contribution is -0.152. The SMILES string of the molecule is COc1ccc2c(c1)[C@]13CCN(CC4CC4)[C@H](C2)[C@]1(O)Cc1c(C)nn(-c2ccncc2)c1C3. The van der Waals surface area contributed by atoms with Gasteiger partial charge >= 0.3 is 0 Å². The summed E-state index contributed by atoms with van der Waals surface area (Å²) in [6.07, 6.45) is 9.61. The van der Waals surface area contributed by atoms with E-state index >= 15 is 0 Å². The van der Waals surface area contributed by atoms with E-state index in [9.17, 15) is 5.11 Å². The van der Waals surface area contributed by atoms with E-state index in [2.05, 4.69) is 39.7 Å². The van der Waals surface area contributed by atoms with Crippen molar-refractivity contribution in [3.8, 4) is 11.4 Å². The van der Waals surface area contributed by atoms with Crippen LogP contribution in [-0.4, -0.2) is 56.6 Å². The molecule has 3 atom stereocenters. The lowest BCUT2D eigenvalue weighted by Crippen LogP contribution is -2.74. The summed E-state index contributed by atoms with van der Waals surface area (Å²) in [7, 11) is 1.73. The minimum atomic E-state index is -0.816. The van der Waals surface area contributed by atoms with E-state index in [0.717, 1.165) is 55.4 Å². The molecule has 3 aliphatic carbocycles. The van der Waals surface area contributed by atoms with Crippen molar-refractivity contribution in [3.63, 3.8) is 0 Å². The third kappa shape index (κ3) is 2.75. The van der Waals surface area contributed by atoms with Crippen molar-refractivity contribution in [2.24, 2.45) is 5.92 Å². The number of benzene rings is 1. The summed E-state index contributed by atoms with van der Waals surface area (Å²) < 4.78 is 7.76. The van der Waals surface area contributed by atoms with E-state index in [4.69, 9.17) is 9.84 Å². The first-order chi connectivity index (χ1) is 16.5. The van der Waals surface area contributed by atoms with Crippen LogP contribution in [0.25, 0.3) is 5.69 Å². The smallest absolute Gasteiger partial charge is 0.119 e. The van der Waals surface area contributed by atoms with Crippen LogP contribution in [0.4, 0.5) is 0 Å². The zero-order valence-corrected chi connectivity index (χ0v) is 20.0. The zero-order chi connectivity index (χ0) is 23.1. The van der Waals surface area contributed by atoms with Gasteiger partial charge in [-0.25, -0.2) is 4.68 Å². The third-order valence-electron chi connectivity index (χ3n) is 9.20. The van der Waals surface area contributed by atoms with Gasteiger partial charge in [-0.05, 0) is 86.0 Å². The van der Waals surface area contributed by atoms with Gasteiger partial charge in [0, 0.05) is 48.9 Å².